The van der Waals surface area contributed by atoms with E-state index in [0.717, 1.165) is 12.8 Å². The van der Waals surface area contributed by atoms with Crippen LogP contribution in [0.25, 0.3) is 0 Å². The Morgan fingerprint density at radius 3 is 2.93 bits per heavy atom. The van der Waals surface area contributed by atoms with E-state index in [-0.39, 0.29) is 23.8 Å². The Balaban J connectivity index is 2.19. The van der Waals surface area contributed by atoms with Gasteiger partial charge in [-0.2, -0.15) is 0 Å². The molecule has 1 aromatic rings. The SMILES string of the molecule is O=C(Cn1cccc(Br)c1=O)C1CC1. The predicted octanol–water partition coefficient (Wildman–Crippen LogP) is 1.59. The van der Waals surface area contributed by atoms with Gasteiger partial charge in [0, 0.05) is 12.1 Å². The largest absolute Gasteiger partial charge is 0.307 e. The van der Waals surface area contributed by atoms with Crippen molar-refractivity contribution < 1.29 is 4.79 Å². The number of hydrogen-bond acceptors (Lipinski definition) is 2. The third-order valence-electron chi connectivity index (χ3n) is 2.33. The first-order chi connectivity index (χ1) is 6.68. The second-order valence-electron chi connectivity index (χ2n) is 3.53. The smallest absolute Gasteiger partial charge is 0.265 e. The maximum Gasteiger partial charge on any atom is 0.265 e. The molecule has 0 N–H and O–H groups in total. The molecule has 14 heavy (non-hydrogen) atoms. The maximum atomic E-state index is 11.5. The van der Waals surface area contributed by atoms with E-state index in [0.29, 0.717) is 4.47 Å². The van der Waals surface area contributed by atoms with Crippen LogP contribution in [-0.2, 0) is 11.3 Å². The van der Waals surface area contributed by atoms with Crippen LogP contribution in [0, 0.1) is 5.92 Å². The van der Waals surface area contributed by atoms with E-state index in [1.807, 2.05) is 0 Å². The third kappa shape index (κ3) is 1.95. The van der Waals surface area contributed by atoms with Gasteiger partial charge in [-0.05, 0) is 40.9 Å². The highest BCUT2D eigenvalue weighted by Gasteiger charge is 2.29. The Morgan fingerprint density at radius 2 is 2.29 bits per heavy atom. The molecule has 0 atom stereocenters. The molecule has 0 aromatic carbocycles. The lowest BCUT2D eigenvalue weighted by Crippen LogP contribution is -2.24. The lowest BCUT2D eigenvalue weighted by Gasteiger charge is -2.03. The average Bonchev–Trinajstić information content (AvgIpc) is 2.95. The van der Waals surface area contributed by atoms with E-state index in [1.54, 1.807) is 18.3 Å². The van der Waals surface area contributed by atoms with Crippen molar-refractivity contribution in [2.24, 2.45) is 5.92 Å². The Hall–Kier alpha value is -0.900. The summed E-state index contributed by atoms with van der Waals surface area (Å²) in [6, 6.07) is 3.44. The molecule has 74 valence electrons. The first-order valence-corrected chi connectivity index (χ1v) is 5.35. The molecular formula is C10H10BrNO2. The summed E-state index contributed by atoms with van der Waals surface area (Å²) in [6.45, 7) is 0.211. The van der Waals surface area contributed by atoms with Crippen LogP contribution in [0.15, 0.2) is 27.6 Å². The molecule has 0 radical (unpaired) electrons. The zero-order chi connectivity index (χ0) is 10.1. The summed E-state index contributed by atoms with van der Waals surface area (Å²) in [5, 5.41) is 0. The van der Waals surface area contributed by atoms with E-state index >= 15 is 0 Å². The quantitative estimate of drug-likeness (QED) is 0.823. The van der Waals surface area contributed by atoms with Gasteiger partial charge in [0.05, 0.1) is 11.0 Å². The molecule has 0 spiro atoms. The molecule has 1 aliphatic carbocycles. The van der Waals surface area contributed by atoms with Gasteiger partial charge in [0.25, 0.3) is 5.56 Å². The van der Waals surface area contributed by atoms with Crippen LogP contribution in [0.4, 0.5) is 0 Å². The van der Waals surface area contributed by atoms with E-state index in [2.05, 4.69) is 15.9 Å². The Kier molecular flexibility index (Phi) is 2.54. The van der Waals surface area contributed by atoms with Crippen LogP contribution < -0.4 is 5.56 Å². The molecule has 0 aliphatic heterocycles. The Morgan fingerprint density at radius 1 is 1.57 bits per heavy atom. The van der Waals surface area contributed by atoms with Crippen LogP contribution in [0.2, 0.25) is 0 Å². The van der Waals surface area contributed by atoms with Crippen molar-refractivity contribution in [3.63, 3.8) is 0 Å². The van der Waals surface area contributed by atoms with Crippen molar-refractivity contribution in [1.29, 1.82) is 0 Å². The second-order valence-corrected chi connectivity index (χ2v) is 4.38. The summed E-state index contributed by atoms with van der Waals surface area (Å²) in [6.07, 6.45) is 3.62. The number of hydrogen-bond donors (Lipinski definition) is 0. The van der Waals surface area contributed by atoms with Crippen molar-refractivity contribution in [3.05, 3.63) is 33.2 Å². The molecule has 0 saturated heterocycles. The molecule has 1 aliphatic rings. The number of pyridine rings is 1. The number of aromatic nitrogens is 1. The van der Waals surface area contributed by atoms with Gasteiger partial charge in [0.15, 0.2) is 5.78 Å². The van der Waals surface area contributed by atoms with Crippen molar-refractivity contribution in [1.82, 2.24) is 4.57 Å². The van der Waals surface area contributed by atoms with Gasteiger partial charge >= 0.3 is 0 Å². The van der Waals surface area contributed by atoms with Gasteiger partial charge in [-0.15, -0.1) is 0 Å². The van der Waals surface area contributed by atoms with E-state index in [4.69, 9.17) is 0 Å². The second kappa shape index (κ2) is 3.69. The van der Waals surface area contributed by atoms with Crippen molar-refractivity contribution in [3.8, 4) is 0 Å². The standard InChI is InChI=1S/C10H10BrNO2/c11-8-2-1-5-12(10(8)14)6-9(13)7-3-4-7/h1-2,5,7H,3-4,6H2. The minimum atomic E-state index is -0.137. The van der Waals surface area contributed by atoms with Crippen molar-refractivity contribution in [2.75, 3.05) is 0 Å². The van der Waals surface area contributed by atoms with Crippen LogP contribution >= 0.6 is 15.9 Å². The summed E-state index contributed by atoms with van der Waals surface area (Å²) >= 11 is 3.14. The number of halogens is 1. The van der Waals surface area contributed by atoms with Gasteiger partial charge in [0.1, 0.15) is 0 Å². The van der Waals surface area contributed by atoms with Gasteiger partial charge < -0.3 is 4.57 Å². The number of carbonyl (C=O) groups excluding carboxylic acids is 1. The van der Waals surface area contributed by atoms with E-state index in [9.17, 15) is 9.59 Å². The fraction of sp³-hybridized carbons (Fsp3) is 0.400. The molecule has 4 heteroatoms. The first kappa shape index (κ1) is 9.65. The van der Waals surface area contributed by atoms with Gasteiger partial charge in [-0.3, -0.25) is 9.59 Å². The summed E-state index contributed by atoms with van der Waals surface area (Å²) in [7, 11) is 0. The fourth-order valence-electron chi connectivity index (χ4n) is 1.33. The molecule has 0 bridgehead atoms. The summed E-state index contributed by atoms with van der Waals surface area (Å²) in [5.41, 5.74) is -0.137. The maximum absolute atomic E-state index is 11.5. The van der Waals surface area contributed by atoms with Crippen LogP contribution in [-0.4, -0.2) is 10.4 Å². The monoisotopic (exact) mass is 255 g/mol. The Bertz CT molecular complexity index is 420. The first-order valence-electron chi connectivity index (χ1n) is 4.56. The zero-order valence-corrected chi connectivity index (χ0v) is 9.16. The molecule has 0 amide bonds. The summed E-state index contributed by atoms with van der Waals surface area (Å²) < 4.78 is 1.95. The number of Topliss-reactive ketones (excluding diaryl/α,β-unsaturated/α-hetero) is 1. The summed E-state index contributed by atoms with van der Waals surface area (Å²) in [4.78, 5) is 23.0. The van der Waals surface area contributed by atoms with E-state index < -0.39 is 0 Å². The van der Waals surface area contributed by atoms with Crippen molar-refractivity contribution >= 4 is 21.7 Å². The lowest BCUT2D eigenvalue weighted by molar-refractivity contribution is -0.120. The van der Waals surface area contributed by atoms with Crippen LogP contribution in [0.1, 0.15) is 12.8 Å². The molecule has 1 aromatic heterocycles. The highest BCUT2D eigenvalue weighted by Crippen LogP contribution is 2.30. The zero-order valence-electron chi connectivity index (χ0n) is 7.57. The highest BCUT2D eigenvalue weighted by molar-refractivity contribution is 9.10. The highest BCUT2D eigenvalue weighted by atomic mass is 79.9. The molecule has 1 fully saturated rings. The van der Waals surface area contributed by atoms with Gasteiger partial charge in [0.2, 0.25) is 0 Å². The molecule has 2 rings (SSSR count). The van der Waals surface area contributed by atoms with Crippen molar-refractivity contribution in [2.45, 2.75) is 19.4 Å². The fourth-order valence-corrected chi connectivity index (χ4v) is 1.71. The molecule has 0 unspecified atom stereocenters. The normalized spacial score (nSPS) is 15.5. The topological polar surface area (TPSA) is 39.1 Å². The van der Waals surface area contributed by atoms with Crippen LogP contribution in [0.3, 0.4) is 0 Å². The molecule has 1 saturated carbocycles. The van der Waals surface area contributed by atoms with E-state index in [1.165, 1.54) is 4.57 Å². The predicted molar refractivity (Wildman–Crippen MR) is 56.1 cm³/mol. The Labute approximate surface area is 89.9 Å². The van der Waals surface area contributed by atoms with Gasteiger partial charge in [-0.25, -0.2) is 0 Å². The molecule has 3 nitrogen and oxygen atoms in total. The third-order valence-corrected chi connectivity index (χ3v) is 2.94. The molecular weight excluding hydrogens is 246 g/mol. The minimum absolute atomic E-state index is 0.137. The minimum Gasteiger partial charge on any atom is -0.307 e. The number of carbonyl (C=O) groups is 1. The number of rotatable bonds is 3. The lowest BCUT2D eigenvalue weighted by atomic mass is 10.2. The average molecular weight is 256 g/mol. The molecule has 1 heterocycles. The summed E-state index contributed by atoms with van der Waals surface area (Å²) in [5.74, 6) is 0.381. The number of ketones is 1. The van der Waals surface area contributed by atoms with Gasteiger partial charge in [-0.1, -0.05) is 0 Å². The number of nitrogens with zero attached hydrogens (tertiary/aromatic N) is 1. The van der Waals surface area contributed by atoms with Crippen LogP contribution in [0.5, 0.6) is 0 Å².